The summed E-state index contributed by atoms with van der Waals surface area (Å²) in [5.74, 6) is 1.96. The molecule has 1 unspecified atom stereocenters. The van der Waals surface area contributed by atoms with Crippen LogP contribution in [0.4, 0.5) is 0 Å². The van der Waals surface area contributed by atoms with Crippen molar-refractivity contribution in [3.05, 3.63) is 47.8 Å². The lowest BCUT2D eigenvalue weighted by molar-refractivity contribution is 0.183. The first-order chi connectivity index (χ1) is 13.3. The number of aryl methyl sites for hydroxylation is 1. The Morgan fingerprint density at radius 2 is 1.64 bits per heavy atom. The van der Waals surface area contributed by atoms with Crippen LogP contribution in [0.5, 0.6) is 11.8 Å². The highest BCUT2D eigenvalue weighted by atomic mass is 16.5. The zero-order chi connectivity index (χ0) is 20.6. The van der Waals surface area contributed by atoms with E-state index >= 15 is 0 Å². The third kappa shape index (κ3) is 6.81. The summed E-state index contributed by atoms with van der Waals surface area (Å²) in [6, 6.07) is 12.0. The molecule has 0 radical (unpaired) electrons. The summed E-state index contributed by atoms with van der Waals surface area (Å²) in [5.41, 5.74) is 2.05. The van der Waals surface area contributed by atoms with Gasteiger partial charge in [-0.05, 0) is 50.7 Å². The molecule has 2 aromatic rings. The number of hydrogen-bond acceptors (Lipinski definition) is 4. The van der Waals surface area contributed by atoms with E-state index in [0.29, 0.717) is 18.4 Å². The first-order valence-corrected chi connectivity index (χ1v) is 10.5. The van der Waals surface area contributed by atoms with Crippen molar-refractivity contribution in [2.24, 2.45) is 5.92 Å². The van der Waals surface area contributed by atoms with Gasteiger partial charge in [-0.2, -0.15) is 0 Å². The minimum absolute atomic E-state index is 0.0195. The maximum atomic E-state index is 6.04. The van der Waals surface area contributed by atoms with Gasteiger partial charge in [-0.15, -0.1) is 0 Å². The van der Waals surface area contributed by atoms with Crippen LogP contribution in [0, 0.1) is 12.8 Å². The quantitative estimate of drug-likeness (QED) is 0.468. The predicted octanol–water partition coefficient (Wildman–Crippen LogP) is 6.13. The lowest BCUT2D eigenvalue weighted by Crippen LogP contribution is -2.24. The molecule has 154 valence electrons. The fourth-order valence-electron chi connectivity index (χ4n) is 3.52. The molecule has 1 atom stereocenters. The molecule has 0 aliphatic carbocycles. The van der Waals surface area contributed by atoms with Gasteiger partial charge in [0.1, 0.15) is 0 Å². The molecule has 0 saturated carbocycles. The van der Waals surface area contributed by atoms with E-state index in [0.717, 1.165) is 43.0 Å². The molecule has 0 fully saturated rings. The van der Waals surface area contributed by atoms with Gasteiger partial charge in [0.15, 0.2) is 0 Å². The van der Waals surface area contributed by atoms with Crippen LogP contribution in [0.25, 0.3) is 0 Å². The summed E-state index contributed by atoms with van der Waals surface area (Å²) in [5, 5.41) is 0. The van der Waals surface area contributed by atoms with Gasteiger partial charge in [0.25, 0.3) is 0 Å². The smallest absolute Gasteiger partial charge is 0.213 e. The topological polar surface area (TPSA) is 44.2 Å². The van der Waals surface area contributed by atoms with E-state index < -0.39 is 0 Å². The van der Waals surface area contributed by atoms with Crippen LogP contribution in [0.15, 0.2) is 36.4 Å². The minimum atomic E-state index is -0.0195. The fraction of sp³-hybridized carbons (Fsp3) is 0.583. The lowest BCUT2D eigenvalue weighted by Gasteiger charge is -2.28. The molecule has 0 N–H and O–H groups in total. The van der Waals surface area contributed by atoms with Gasteiger partial charge >= 0.3 is 0 Å². The second kappa shape index (κ2) is 10.4. The standard InChI is InChI=1S/C24H36N2O2/c1-7-20(8-2)28-23-14-10-12-21(26-23)24(5,6)17-18(3)15-16-27-22-13-9-11-19(4)25-22/h9-14,18,20H,7-8,15-17H2,1-6H3. The number of aromatic nitrogens is 2. The van der Waals surface area contributed by atoms with Crippen molar-refractivity contribution in [1.29, 1.82) is 0 Å². The van der Waals surface area contributed by atoms with Crippen molar-refractivity contribution in [2.45, 2.75) is 78.7 Å². The molecular formula is C24H36N2O2. The zero-order valence-electron chi connectivity index (χ0n) is 18.4. The van der Waals surface area contributed by atoms with Gasteiger partial charge in [0.05, 0.1) is 18.4 Å². The van der Waals surface area contributed by atoms with Gasteiger partial charge in [0.2, 0.25) is 11.8 Å². The van der Waals surface area contributed by atoms with Crippen LogP contribution in [0.1, 0.15) is 71.7 Å². The Kier molecular flexibility index (Phi) is 8.28. The van der Waals surface area contributed by atoms with Crippen LogP contribution < -0.4 is 9.47 Å². The average Bonchev–Trinajstić information content (AvgIpc) is 2.66. The number of nitrogens with zero attached hydrogens (tertiary/aromatic N) is 2. The molecule has 0 spiro atoms. The number of hydrogen-bond donors (Lipinski definition) is 0. The van der Waals surface area contributed by atoms with Gasteiger partial charge in [-0.1, -0.05) is 46.8 Å². The Balaban J connectivity index is 1.90. The summed E-state index contributed by atoms with van der Waals surface area (Å²) < 4.78 is 11.9. The van der Waals surface area contributed by atoms with Crippen molar-refractivity contribution in [3.63, 3.8) is 0 Å². The third-order valence-corrected chi connectivity index (χ3v) is 5.20. The summed E-state index contributed by atoms with van der Waals surface area (Å²) in [4.78, 5) is 9.20. The van der Waals surface area contributed by atoms with Crippen molar-refractivity contribution in [1.82, 2.24) is 9.97 Å². The van der Waals surface area contributed by atoms with Crippen LogP contribution in [-0.2, 0) is 5.41 Å². The summed E-state index contributed by atoms with van der Waals surface area (Å²) in [7, 11) is 0. The minimum Gasteiger partial charge on any atom is -0.478 e. The van der Waals surface area contributed by atoms with E-state index in [1.54, 1.807) is 0 Å². The molecule has 0 amide bonds. The van der Waals surface area contributed by atoms with Crippen molar-refractivity contribution >= 4 is 0 Å². The van der Waals surface area contributed by atoms with Crippen LogP contribution in [0.3, 0.4) is 0 Å². The van der Waals surface area contributed by atoms with Crippen LogP contribution in [0.2, 0.25) is 0 Å². The monoisotopic (exact) mass is 384 g/mol. The fourth-order valence-corrected chi connectivity index (χ4v) is 3.52. The van der Waals surface area contributed by atoms with Gasteiger partial charge < -0.3 is 9.47 Å². The molecule has 2 heterocycles. The largest absolute Gasteiger partial charge is 0.478 e. The van der Waals surface area contributed by atoms with Crippen molar-refractivity contribution in [3.8, 4) is 11.8 Å². The molecule has 0 bridgehead atoms. The van der Waals surface area contributed by atoms with E-state index in [1.807, 2.05) is 31.2 Å². The number of pyridine rings is 2. The summed E-state index contributed by atoms with van der Waals surface area (Å²) >= 11 is 0. The Bertz CT molecular complexity index is 726. The molecule has 2 rings (SSSR count). The third-order valence-electron chi connectivity index (χ3n) is 5.20. The molecular weight excluding hydrogens is 348 g/mol. The van der Waals surface area contributed by atoms with Crippen LogP contribution in [-0.4, -0.2) is 22.7 Å². The predicted molar refractivity (Wildman–Crippen MR) is 115 cm³/mol. The first kappa shape index (κ1) is 22.2. The Morgan fingerprint density at radius 3 is 2.32 bits per heavy atom. The zero-order valence-corrected chi connectivity index (χ0v) is 18.4. The highest BCUT2D eigenvalue weighted by Gasteiger charge is 2.25. The van der Waals surface area contributed by atoms with Crippen molar-refractivity contribution < 1.29 is 9.47 Å². The lowest BCUT2D eigenvalue weighted by atomic mass is 9.79. The number of ether oxygens (including phenoxy) is 2. The van der Waals surface area contributed by atoms with E-state index in [1.165, 1.54) is 0 Å². The van der Waals surface area contributed by atoms with Gasteiger partial charge in [0, 0.05) is 23.2 Å². The maximum Gasteiger partial charge on any atom is 0.213 e. The Labute approximate surface area is 170 Å². The molecule has 0 saturated heterocycles. The van der Waals surface area contributed by atoms with Gasteiger partial charge in [-0.3, -0.25) is 0 Å². The van der Waals surface area contributed by atoms with E-state index in [-0.39, 0.29) is 11.5 Å². The number of rotatable bonds is 11. The molecule has 0 aliphatic heterocycles. The second-order valence-electron chi connectivity index (χ2n) is 8.36. The highest BCUT2D eigenvalue weighted by molar-refractivity contribution is 5.22. The first-order valence-electron chi connectivity index (χ1n) is 10.5. The maximum absolute atomic E-state index is 6.04. The molecule has 28 heavy (non-hydrogen) atoms. The highest BCUT2D eigenvalue weighted by Crippen LogP contribution is 2.31. The summed E-state index contributed by atoms with van der Waals surface area (Å²) in [6.45, 7) is 13.8. The molecule has 0 aromatic carbocycles. The van der Waals surface area contributed by atoms with E-state index in [2.05, 4.69) is 51.7 Å². The Hall–Kier alpha value is -2.10. The van der Waals surface area contributed by atoms with Gasteiger partial charge in [-0.25, -0.2) is 9.97 Å². The summed E-state index contributed by atoms with van der Waals surface area (Å²) in [6.07, 6.45) is 4.26. The average molecular weight is 385 g/mol. The SMILES string of the molecule is CCC(CC)Oc1cccc(C(C)(C)CC(C)CCOc2cccc(C)n2)n1. The van der Waals surface area contributed by atoms with E-state index in [9.17, 15) is 0 Å². The normalized spacial score (nSPS) is 12.8. The second-order valence-corrected chi connectivity index (χ2v) is 8.36. The van der Waals surface area contributed by atoms with Crippen LogP contribution >= 0.6 is 0 Å². The van der Waals surface area contributed by atoms with Crippen molar-refractivity contribution in [2.75, 3.05) is 6.61 Å². The Morgan fingerprint density at radius 1 is 0.964 bits per heavy atom. The van der Waals surface area contributed by atoms with E-state index in [4.69, 9.17) is 14.5 Å². The molecule has 4 nitrogen and oxygen atoms in total. The molecule has 0 aliphatic rings. The molecule has 2 aromatic heterocycles. The molecule has 4 heteroatoms.